The van der Waals surface area contributed by atoms with Crippen molar-refractivity contribution in [2.45, 2.75) is 29.0 Å². The van der Waals surface area contributed by atoms with Crippen LogP contribution in [0.5, 0.6) is 11.5 Å². The quantitative estimate of drug-likeness (QED) is 0.341. The van der Waals surface area contributed by atoms with Crippen molar-refractivity contribution in [3.63, 3.8) is 0 Å². The average molecular weight is 515 g/mol. The SMILES string of the molecule is O=C(O)CC(C1(C(=O)NO)CCOCC1)C1(S(=O)(=O)c2ccc(Oc3ccccc3)cc2)C=CC=N1. The number of sulfone groups is 1. The summed E-state index contributed by atoms with van der Waals surface area (Å²) in [5, 5.41) is 19.3. The molecule has 1 saturated heterocycles. The molecule has 4 rings (SSSR count). The number of para-hydroxylation sites is 1. The van der Waals surface area contributed by atoms with Crippen molar-refractivity contribution in [1.29, 1.82) is 0 Å². The van der Waals surface area contributed by atoms with Crippen LogP contribution in [0.2, 0.25) is 0 Å². The molecule has 10 nitrogen and oxygen atoms in total. The fourth-order valence-corrected chi connectivity index (χ4v) is 6.94. The minimum Gasteiger partial charge on any atom is -0.481 e. The van der Waals surface area contributed by atoms with Gasteiger partial charge in [-0.15, -0.1) is 0 Å². The van der Waals surface area contributed by atoms with Crippen molar-refractivity contribution in [1.82, 2.24) is 5.48 Å². The molecule has 2 aromatic carbocycles. The van der Waals surface area contributed by atoms with Crippen LogP contribution in [0, 0.1) is 11.3 Å². The highest BCUT2D eigenvalue weighted by Crippen LogP contribution is 2.52. The van der Waals surface area contributed by atoms with E-state index in [9.17, 15) is 28.3 Å². The van der Waals surface area contributed by atoms with E-state index in [2.05, 4.69) is 4.99 Å². The second-order valence-electron chi connectivity index (χ2n) is 8.64. The molecule has 2 aromatic rings. The lowest BCUT2D eigenvalue weighted by atomic mass is 9.65. The summed E-state index contributed by atoms with van der Waals surface area (Å²) in [6.07, 6.45) is 3.37. The molecule has 2 unspecified atom stereocenters. The van der Waals surface area contributed by atoms with Gasteiger partial charge >= 0.3 is 5.97 Å². The predicted octanol–water partition coefficient (Wildman–Crippen LogP) is 2.98. The molecule has 1 fully saturated rings. The molecule has 190 valence electrons. The van der Waals surface area contributed by atoms with Gasteiger partial charge in [0.2, 0.25) is 15.7 Å². The van der Waals surface area contributed by atoms with E-state index in [4.69, 9.17) is 9.47 Å². The molecule has 0 radical (unpaired) electrons. The van der Waals surface area contributed by atoms with Crippen LogP contribution in [0.4, 0.5) is 0 Å². The minimum atomic E-state index is -4.37. The number of carboxylic acid groups (broad SMARTS) is 1. The molecule has 2 aliphatic heterocycles. The van der Waals surface area contributed by atoms with E-state index in [1.54, 1.807) is 29.7 Å². The van der Waals surface area contributed by atoms with Gasteiger partial charge in [0.15, 0.2) is 4.87 Å². The first-order valence-corrected chi connectivity index (χ1v) is 12.8. The zero-order valence-electron chi connectivity index (χ0n) is 19.2. The first-order chi connectivity index (χ1) is 17.2. The fourth-order valence-electron chi connectivity index (χ4n) is 4.93. The standard InChI is InChI=1S/C25H26N2O8S/c28-22(29)17-21(24(23(30)27-31)12-15-34-16-13-24)25(11-4-14-26-25)36(32,33)20-9-7-19(8-10-20)35-18-5-2-1-3-6-18/h1-11,14,21,31H,12-13,15-17H2,(H,27,30)(H,28,29). The zero-order valence-corrected chi connectivity index (χ0v) is 20.1. The van der Waals surface area contributed by atoms with Crippen LogP contribution < -0.4 is 10.2 Å². The molecule has 2 aliphatic rings. The van der Waals surface area contributed by atoms with Crippen LogP contribution in [0.15, 0.2) is 76.6 Å². The Labute approximate surface area is 208 Å². The highest BCUT2D eigenvalue weighted by Gasteiger charge is 2.61. The Bertz CT molecular complexity index is 1250. The second-order valence-corrected chi connectivity index (χ2v) is 10.8. The Balaban J connectivity index is 1.78. The van der Waals surface area contributed by atoms with Crippen LogP contribution in [0.3, 0.4) is 0 Å². The molecule has 0 spiro atoms. The van der Waals surface area contributed by atoms with Gasteiger partial charge in [-0.3, -0.25) is 19.8 Å². The van der Waals surface area contributed by atoms with Crippen molar-refractivity contribution in [2.24, 2.45) is 16.3 Å². The molecule has 2 atom stereocenters. The summed E-state index contributed by atoms with van der Waals surface area (Å²) in [5.74, 6) is -2.52. The van der Waals surface area contributed by atoms with Gasteiger partial charge < -0.3 is 14.6 Å². The summed E-state index contributed by atoms with van der Waals surface area (Å²) in [7, 11) is -4.37. The number of benzene rings is 2. The number of rotatable bonds is 9. The lowest BCUT2D eigenvalue weighted by Gasteiger charge is -2.46. The van der Waals surface area contributed by atoms with Crippen LogP contribution in [-0.2, 0) is 24.2 Å². The Morgan fingerprint density at radius 1 is 1.06 bits per heavy atom. The van der Waals surface area contributed by atoms with Crippen LogP contribution in [0.25, 0.3) is 0 Å². The number of nitrogens with zero attached hydrogens (tertiary/aromatic N) is 1. The summed E-state index contributed by atoms with van der Waals surface area (Å²) < 4.78 is 39.4. The molecule has 1 amide bonds. The lowest BCUT2D eigenvalue weighted by Crippen LogP contribution is -2.58. The maximum absolute atomic E-state index is 14.1. The smallest absolute Gasteiger partial charge is 0.303 e. The Morgan fingerprint density at radius 3 is 2.25 bits per heavy atom. The van der Waals surface area contributed by atoms with Crippen molar-refractivity contribution >= 4 is 27.9 Å². The third-order valence-corrected chi connectivity index (χ3v) is 9.00. The number of hydrogen-bond acceptors (Lipinski definition) is 8. The molecule has 11 heteroatoms. The number of hydroxylamine groups is 1. The number of amides is 1. The predicted molar refractivity (Wildman–Crippen MR) is 129 cm³/mol. The number of carboxylic acids is 1. The second kappa shape index (κ2) is 10.2. The molecule has 3 N–H and O–H groups in total. The number of aliphatic imine (C=N–C) groups is 1. The van der Waals surface area contributed by atoms with Crippen LogP contribution in [-0.4, -0.2) is 54.9 Å². The number of nitrogens with one attached hydrogen (secondary N) is 1. The van der Waals surface area contributed by atoms with Crippen molar-refractivity contribution < 1.29 is 37.8 Å². The molecule has 0 aromatic heterocycles. The zero-order chi connectivity index (χ0) is 25.8. The van der Waals surface area contributed by atoms with E-state index in [0.29, 0.717) is 11.5 Å². The van der Waals surface area contributed by atoms with Gasteiger partial charge in [0.1, 0.15) is 11.5 Å². The van der Waals surface area contributed by atoms with Gasteiger partial charge in [-0.25, -0.2) is 13.9 Å². The van der Waals surface area contributed by atoms with Crippen molar-refractivity contribution in [2.75, 3.05) is 13.2 Å². The summed E-state index contributed by atoms with van der Waals surface area (Å²) in [6, 6.07) is 14.7. The summed E-state index contributed by atoms with van der Waals surface area (Å²) in [4.78, 5) is 27.0. The largest absolute Gasteiger partial charge is 0.481 e. The summed E-state index contributed by atoms with van der Waals surface area (Å²) in [5.41, 5.74) is 0.0623. The van der Waals surface area contributed by atoms with Gasteiger partial charge in [-0.2, -0.15) is 0 Å². The maximum Gasteiger partial charge on any atom is 0.303 e. The first kappa shape index (κ1) is 25.5. The van der Waals surface area contributed by atoms with E-state index in [1.165, 1.54) is 42.6 Å². The van der Waals surface area contributed by atoms with Gasteiger partial charge in [0.05, 0.1) is 16.7 Å². The number of aliphatic carboxylic acids is 1. The minimum absolute atomic E-state index is 0.0157. The molecular formula is C25H26N2O8S. The highest BCUT2D eigenvalue weighted by atomic mass is 32.2. The fraction of sp³-hybridized carbons (Fsp3) is 0.320. The number of ether oxygens (including phenoxy) is 2. The number of carbonyl (C=O) groups is 2. The summed E-state index contributed by atoms with van der Waals surface area (Å²) in [6.45, 7) is 0.192. The number of carbonyl (C=O) groups excluding carboxylic acids is 1. The maximum atomic E-state index is 14.1. The molecule has 2 heterocycles. The number of allylic oxidation sites excluding steroid dienone is 1. The molecule has 0 bridgehead atoms. The lowest BCUT2D eigenvalue weighted by molar-refractivity contribution is -0.155. The monoisotopic (exact) mass is 514 g/mol. The topological polar surface area (TPSA) is 152 Å². The van der Waals surface area contributed by atoms with E-state index < -0.39 is 44.3 Å². The van der Waals surface area contributed by atoms with Gasteiger partial charge in [0, 0.05) is 25.3 Å². The molecule has 0 saturated carbocycles. The van der Waals surface area contributed by atoms with Crippen molar-refractivity contribution in [3.8, 4) is 11.5 Å². The average Bonchev–Trinajstić information content (AvgIpc) is 3.40. The van der Waals surface area contributed by atoms with Gasteiger partial charge in [-0.05, 0) is 61.4 Å². The summed E-state index contributed by atoms with van der Waals surface area (Å²) >= 11 is 0. The molecule has 0 aliphatic carbocycles. The third-order valence-electron chi connectivity index (χ3n) is 6.72. The highest BCUT2D eigenvalue weighted by molar-refractivity contribution is 7.93. The Hall–Kier alpha value is -3.54. The molecular weight excluding hydrogens is 488 g/mol. The van der Waals surface area contributed by atoms with E-state index in [1.807, 2.05) is 6.07 Å². The number of hydrogen-bond donors (Lipinski definition) is 3. The molecule has 36 heavy (non-hydrogen) atoms. The Morgan fingerprint density at radius 2 is 1.69 bits per heavy atom. The van der Waals surface area contributed by atoms with E-state index in [0.717, 1.165) is 0 Å². The van der Waals surface area contributed by atoms with E-state index in [-0.39, 0.29) is 31.0 Å². The van der Waals surface area contributed by atoms with Gasteiger partial charge in [0.25, 0.3) is 0 Å². The third kappa shape index (κ3) is 4.52. The Kier molecular flexibility index (Phi) is 7.25. The van der Waals surface area contributed by atoms with Crippen LogP contribution >= 0.6 is 0 Å². The van der Waals surface area contributed by atoms with Crippen molar-refractivity contribution in [3.05, 3.63) is 66.7 Å². The van der Waals surface area contributed by atoms with E-state index >= 15 is 0 Å². The van der Waals surface area contributed by atoms with Crippen LogP contribution in [0.1, 0.15) is 19.3 Å². The first-order valence-electron chi connectivity index (χ1n) is 11.3. The van der Waals surface area contributed by atoms with Gasteiger partial charge in [-0.1, -0.05) is 18.2 Å². The normalized spacial score (nSPS) is 21.6.